The topological polar surface area (TPSA) is 59.4 Å². The van der Waals surface area contributed by atoms with Crippen molar-refractivity contribution in [3.63, 3.8) is 0 Å². The lowest BCUT2D eigenvalue weighted by Crippen LogP contribution is -2.24. The molecule has 2 atom stereocenters. The van der Waals surface area contributed by atoms with Gasteiger partial charge in [0.1, 0.15) is 5.76 Å². The van der Waals surface area contributed by atoms with Gasteiger partial charge in [0.15, 0.2) is 0 Å². The van der Waals surface area contributed by atoms with Crippen LogP contribution in [0.25, 0.3) is 0 Å². The van der Waals surface area contributed by atoms with Crippen LogP contribution in [0, 0.1) is 0 Å². The Kier molecular flexibility index (Phi) is 2.68. The summed E-state index contributed by atoms with van der Waals surface area (Å²) in [6, 6.07) is 3.14. The Morgan fingerprint density at radius 3 is 2.91 bits per heavy atom. The zero-order valence-electron chi connectivity index (χ0n) is 6.53. The summed E-state index contributed by atoms with van der Waals surface area (Å²) in [5, 5.41) is 9.31. The molecule has 3 nitrogen and oxygen atoms in total. The molecule has 0 saturated carbocycles. The maximum absolute atomic E-state index is 9.31. The molecule has 0 aliphatic rings. The third kappa shape index (κ3) is 1.82. The summed E-state index contributed by atoms with van der Waals surface area (Å²) in [5.74, 6) is 0.638. The molecule has 0 bridgehead atoms. The van der Waals surface area contributed by atoms with Crippen molar-refractivity contribution in [2.24, 2.45) is 5.73 Å². The first-order valence-electron chi connectivity index (χ1n) is 3.72. The van der Waals surface area contributed by atoms with Crippen LogP contribution >= 0.6 is 0 Å². The van der Waals surface area contributed by atoms with E-state index in [4.69, 9.17) is 10.2 Å². The molecular weight excluding hydrogens is 142 g/mol. The Morgan fingerprint density at radius 1 is 1.73 bits per heavy atom. The summed E-state index contributed by atoms with van der Waals surface area (Å²) in [7, 11) is 0. The molecule has 0 radical (unpaired) electrons. The average Bonchev–Trinajstić information content (AvgIpc) is 2.53. The molecule has 1 rings (SSSR count). The van der Waals surface area contributed by atoms with Crippen LogP contribution < -0.4 is 5.73 Å². The van der Waals surface area contributed by atoms with E-state index in [0.717, 1.165) is 0 Å². The van der Waals surface area contributed by atoms with E-state index >= 15 is 0 Å². The fourth-order valence-corrected chi connectivity index (χ4v) is 0.924. The molecule has 1 aromatic heterocycles. The lowest BCUT2D eigenvalue weighted by atomic mass is 10.1. The van der Waals surface area contributed by atoms with Crippen molar-refractivity contribution in [3.8, 4) is 0 Å². The Labute approximate surface area is 65.8 Å². The quantitative estimate of drug-likeness (QED) is 0.685. The number of aliphatic hydroxyl groups excluding tert-OH is 1. The molecule has 62 valence electrons. The van der Waals surface area contributed by atoms with Gasteiger partial charge in [-0.3, -0.25) is 0 Å². The second kappa shape index (κ2) is 3.55. The molecule has 0 saturated heterocycles. The van der Waals surface area contributed by atoms with E-state index in [1.165, 1.54) is 0 Å². The Bertz CT molecular complexity index is 196. The van der Waals surface area contributed by atoms with Crippen molar-refractivity contribution in [2.45, 2.75) is 25.5 Å². The largest absolute Gasteiger partial charge is 0.468 e. The minimum Gasteiger partial charge on any atom is -0.468 e. The highest BCUT2D eigenvalue weighted by Gasteiger charge is 2.16. The minimum absolute atomic E-state index is 0.394. The molecule has 3 heteroatoms. The molecule has 0 spiro atoms. The van der Waals surface area contributed by atoms with Gasteiger partial charge >= 0.3 is 0 Å². The van der Waals surface area contributed by atoms with Gasteiger partial charge in [-0.25, -0.2) is 0 Å². The molecule has 0 amide bonds. The summed E-state index contributed by atoms with van der Waals surface area (Å²) in [6.45, 7) is 1.88. The van der Waals surface area contributed by atoms with Crippen molar-refractivity contribution < 1.29 is 9.52 Å². The van der Waals surface area contributed by atoms with Crippen molar-refractivity contribution in [3.05, 3.63) is 24.2 Å². The average molecular weight is 155 g/mol. The monoisotopic (exact) mass is 155 g/mol. The Balaban J connectivity index is 2.62. The van der Waals surface area contributed by atoms with Crippen LogP contribution in [-0.4, -0.2) is 11.2 Å². The molecule has 0 aliphatic heterocycles. The van der Waals surface area contributed by atoms with E-state index in [9.17, 15) is 5.11 Å². The van der Waals surface area contributed by atoms with Crippen molar-refractivity contribution in [2.75, 3.05) is 0 Å². The highest BCUT2D eigenvalue weighted by Crippen LogP contribution is 2.15. The van der Waals surface area contributed by atoms with Gasteiger partial charge < -0.3 is 15.3 Å². The van der Waals surface area contributed by atoms with Crippen LogP contribution in [0.1, 0.15) is 25.1 Å². The van der Waals surface area contributed by atoms with Crippen molar-refractivity contribution in [1.29, 1.82) is 0 Å². The van der Waals surface area contributed by atoms with E-state index in [1.807, 2.05) is 6.92 Å². The summed E-state index contributed by atoms with van der Waals surface area (Å²) in [4.78, 5) is 0. The molecule has 11 heavy (non-hydrogen) atoms. The van der Waals surface area contributed by atoms with Gasteiger partial charge in [-0.15, -0.1) is 0 Å². The smallest absolute Gasteiger partial charge is 0.123 e. The first-order chi connectivity index (χ1) is 5.25. The molecule has 0 fully saturated rings. The Hall–Kier alpha value is -0.800. The second-order valence-electron chi connectivity index (χ2n) is 2.52. The fourth-order valence-electron chi connectivity index (χ4n) is 0.924. The summed E-state index contributed by atoms with van der Waals surface area (Å²) in [5.41, 5.74) is 5.65. The minimum atomic E-state index is -0.513. The molecule has 1 aromatic rings. The predicted molar refractivity (Wildman–Crippen MR) is 41.9 cm³/mol. The van der Waals surface area contributed by atoms with E-state index in [2.05, 4.69) is 0 Å². The van der Waals surface area contributed by atoms with Crippen LogP contribution in [-0.2, 0) is 0 Å². The second-order valence-corrected chi connectivity index (χ2v) is 2.52. The fraction of sp³-hybridized carbons (Fsp3) is 0.500. The lowest BCUT2D eigenvalue weighted by Gasteiger charge is -2.13. The first kappa shape index (κ1) is 8.30. The standard InChI is InChI=1S/C8H13NO2/c1-2-6(10)8(9)7-4-3-5-11-7/h3-6,8,10H,2,9H2,1H3/t6-,8-/m0/s1. The number of aliphatic hydroxyl groups is 1. The third-order valence-corrected chi connectivity index (χ3v) is 1.70. The molecule has 0 aromatic carbocycles. The normalized spacial score (nSPS) is 16.3. The van der Waals surface area contributed by atoms with Crippen LogP contribution in [0.3, 0.4) is 0 Å². The summed E-state index contributed by atoms with van der Waals surface area (Å²) >= 11 is 0. The number of furan rings is 1. The molecule has 1 heterocycles. The van der Waals surface area contributed by atoms with E-state index < -0.39 is 12.1 Å². The van der Waals surface area contributed by atoms with Crippen molar-refractivity contribution in [1.82, 2.24) is 0 Å². The summed E-state index contributed by atoms with van der Waals surface area (Å²) < 4.78 is 5.03. The highest BCUT2D eigenvalue weighted by molar-refractivity contribution is 5.05. The number of hydrogen-bond acceptors (Lipinski definition) is 3. The maximum atomic E-state index is 9.31. The van der Waals surface area contributed by atoms with Crippen LogP contribution in [0.4, 0.5) is 0 Å². The number of nitrogens with two attached hydrogens (primary N) is 1. The molecule has 0 unspecified atom stereocenters. The molecule has 0 aliphatic carbocycles. The van der Waals surface area contributed by atoms with Gasteiger partial charge in [0.25, 0.3) is 0 Å². The van der Waals surface area contributed by atoms with Gasteiger partial charge in [0.05, 0.1) is 18.4 Å². The predicted octanol–water partition coefficient (Wildman–Crippen LogP) is 1.05. The van der Waals surface area contributed by atoms with E-state index in [0.29, 0.717) is 12.2 Å². The van der Waals surface area contributed by atoms with Gasteiger partial charge in [-0.2, -0.15) is 0 Å². The molecule has 3 N–H and O–H groups in total. The third-order valence-electron chi connectivity index (χ3n) is 1.70. The molecular formula is C8H13NO2. The van der Waals surface area contributed by atoms with Gasteiger partial charge in [-0.1, -0.05) is 6.92 Å². The van der Waals surface area contributed by atoms with Gasteiger partial charge in [0.2, 0.25) is 0 Å². The zero-order chi connectivity index (χ0) is 8.27. The van der Waals surface area contributed by atoms with Gasteiger partial charge in [-0.05, 0) is 18.6 Å². The van der Waals surface area contributed by atoms with Crippen LogP contribution in [0.5, 0.6) is 0 Å². The zero-order valence-corrected chi connectivity index (χ0v) is 6.53. The van der Waals surface area contributed by atoms with E-state index in [-0.39, 0.29) is 0 Å². The van der Waals surface area contributed by atoms with E-state index in [1.54, 1.807) is 18.4 Å². The maximum Gasteiger partial charge on any atom is 0.123 e. The van der Waals surface area contributed by atoms with Gasteiger partial charge in [0, 0.05) is 0 Å². The van der Waals surface area contributed by atoms with Crippen LogP contribution in [0.2, 0.25) is 0 Å². The lowest BCUT2D eigenvalue weighted by molar-refractivity contribution is 0.131. The first-order valence-corrected chi connectivity index (χ1v) is 3.72. The number of hydrogen-bond donors (Lipinski definition) is 2. The van der Waals surface area contributed by atoms with Crippen molar-refractivity contribution >= 4 is 0 Å². The van der Waals surface area contributed by atoms with Crippen LogP contribution in [0.15, 0.2) is 22.8 Å². The SMILES string of the molecule is CC[C@H](O)[C@H](N)c1ccco1. The summed E-state index contributed by atoms with van der Waals surface area (Å²) in [6.07, 6.45) is 1.68. The Morgan fingerprint density at radius 2 is 2.45 bits per heavy atom. The number of rotatable bonds is 3. The highest BCUT2D eigenvalue weighted by atomic mass is 16.3.